The molecule has 3 N–H and O–H groups in total. The molecule has 2 rings (SSSR count). The number of sulfonamides is 1. The summed E-state index contributed by atoms with van der Waals surface area (Å²) in [4.78, 5) is 18.5. The van der Waals surface area contributed by atoms with Crippen LogP contribution in [0, 0.1) is 10.1 Å². The number of nitro groups is 1. The number of nitrogens with zero attached hydrogens (tertiary/aromatic N) is 3. The van der Waals surface area contributed by atoms with Crippen molar-refractivity contribution in [1.82, 2.24) is 14.7 Å². The molecule has 0 aliphatic rings. The number of hydrogen-bond donors (Lipinski definition) is 3. The Morgan fingerprint density at radius 3 is 2.54 bits per heavy atom. The van der Waals surface area contributed by atoms with Crippen LogP contribution in [0.3, 0.4) is 0 Å². The van der Waals surface area contributed by atoms with Crippen LogP contribution in [0.15, 0.2) is 41.7 Å². The van der Waals surface area contributed by atoms with Crippen molar-refractivity contribution in [1.29, 1.82) is 0 Å². The highest BCUT2D eigenvalue weighted by Crippen LogP contribution is 2.27. The number of anilines is 2. The van der Waals surface area contributed by atoms with E-state index in [0.717, 1.165) is 6.07 Å². The van der Waals surface area contributed by atoms with Gasteiger partial charge in [-0.15, -0.1) is 0 Å². The predicted molar refractivity (Wildman–Crippen MR) is 97.6 cm³/mol. The van der Waals surface area contributed by atoms with E-state index in [0.29, 0.717) is 18.9 Å². The third kappa shape index (κ3) is 5.36. The lowest BCUT2D eigenvalue weighted by Gasteiger charge is -2.12. The first-order chi connectivity index (χ1) is 12.3. The van der Waals surface area contributed by atoms with Crippen molar-refractivity contribution in [3.63, 3.8) is 0 Å². The summed E-state index contributed by atoms with van der Waals surface area (Å²) >= 11 is 0. The first-order valence-corrected chi connectivity index (χ1v) is 9.32. The van der Waals surface area contributed by atoms with Crippen LogP contribution in [0.1, 0.15) is 13.8 Å². The van der Waals surface area contributed by atoms with Crippen molar-refractivity contribution in [2.75, 3.05) is 23.7 Å². The Kier molecular flexibility index (Phi) is 6.41. The van der Waals surface area contributed by atoms with Gasteiger partial charge in [-0.1, -0.05) is 0 Å². The van der Waals surface area contributed by atoms with Crippen LogP contribution in [-0.2, 0) is 10.0 Å². The standard InChI is InChI=1S/C15H20N6O4S/c1-11(2)20-26(24,25)12-3-4-13(14(9-12)21(22)23)17-7-8-19-15-10-16-5-6-18-15/h3-6,9-11,17,20H,7-8H2,1-2H3,(H,18,19). The van der Waals surface area contributed by atoms with Gasteiger partial charge in [0.2, 0.25) is 10.0 Å². The van der Waals surface area contributed by atoms with Crippen molar-refractivity contribution in [2.45, 2.75) is 24.8 Å². The maximum atomic E-state index is 12.2. The van der Waals surface area contributed by atoms with Gasteiger partial charge in [-0.3, -0.25) is 15.1 Å². The van der Waals surface area contributed by atoms with Gasteiger partial charge in [0.05, 0.1) is 16.0 Å². The van der Waals surface area contributed by atoms with Gasteiger partial charge in [0, 0.05) is 37.6 Å². The summed E-state index contributed by atoms with van der Waals surface area (Å²) in [5.74, 6) is 0.588. The zero-order chi connectivity index (χ0) is 19.2. The first kappa shape index (κ1) is 19.5. The molecule has 2 aromatic rings. The molecular formula is C15H20N6O4S. The molecule has 0 amide bonds. The van der Waals surface area contributed by atoms with Crippen LogP contribution in [0.4, 0.5) is 17.2 Å². The molecule has 0 aliphatic carbocycles. The Labute approximate surface area is 151 Å². The van der Waals surface area contributed by atoms with E-state index in [-0.39, 0.29) is 22.3 Å². The molecule has 10 nitrogen and oxygen atoms in total. The van der Waals surface area contributed by atoms with Gasteiger partial charge in [0.15, 0.2) is 0 Å². The monoisotopic (exact) mass is 380 g/mol. The van der Waals surface area contributed by atoms with Gasteiger partial charge in [-0.25, -0.2) is 18.1 Å². The Hall–Kier alpha value is -2.79. The fourth-order valence-electron chi connectivity index (χ4n) is 2.14. The van der Waals surface area contributed by atoms with Gasteiger partial charge < -0.3 is 10.6 Å². The zero-order valence-corrected chi connectivity index (χ0v) is 15.2. The topological polar surface area (TPSA) is 139 Å². The molecule has 26 heavy (non-hydrogen) atoms. The van der Waals surface area contributed by atoms with Gasteiger partial charge in [-0.2, -0.15) is 0 Å². The second-order valence-corrected chi connectivity index (χ2v) is 7.37. The molecular weight excluding hydrogens is 360 g/mol. The van der Waals surface area contributed by atoms with Crippen molar-refractivity contribution >= 4 is 27.2 Å². The summed E-state index contributed by atoms with van der Waals surface area (Å²) in [6.07, 6.45) is 4.66. The maximum absolute atomic E-state index is 12.2. The highest BCUT2D eigenvalue weighted by atomic mass is 32.2. The van der Waals surface area contributed by atoms with Gasteiger partial charge in [0.1, 0.15) is 11.5 Å². The average Bonchev–Trinajstić information content (AvgIpc) is 2.58. The molecule has 140 valence electrons. The number of rotatable bonds is 9. The molecule has 0 spiro atoms. The molecule has 0 atom stereocenters. The third-order valence-electron chi connectivity index (χ3n) is 3.18. The van der Waals surface area contributed by atoms with Crippen LogP contribution in [0.25, 0.3) is 0 Å². The van der Waals surface area contributed by atoms with E-state index < -0.39 is 14.9 Å². The number of hydrogen-bond acceptors (Lipinski definition) is 8. The minimum atomic E-state index is -3.80. The van der Waals surface area contributed by atoms with E-state index in [9.17, 15) is 18.5 Å². The molecule has 0 aliphatic heterocycles. The quantitative estimate of drug-likeness (QED) is 0.339. The number of aromatic nitrogens is 2. The number of nitrogens with one attached hydrogen (secondary N) is 3. The molecule has 1 aromatic heterocycles. The molecule has 0 saturated heterocycles. The average molecular weight is 380 g/mol. The summed E-state index contributed by atoms with van der Waals surface area (Å²) in [5, 5.41) is 17.2. The van der Waals surface area contributed by atoms with E-state index in [2.05, 4.69) is 25.3 Å². The maximum Gasteiger partial charge on any atom is 0.293 e. The predicted octanol–water partition coefficient (Wildman–Crippen LogP) is 1.60. The SMILES string of the molecule is CC(C)NS(=O)(=O)c1ccc(NCCNc2cnccn2)c([N+](=O)[O-])c1. The smallest absolute Gasteiger partial charge is 0.293 e. The summed E-state index contributed by atoms with van der Waals surface area (Å²) in [6, 6.07) is 3.44. The van der Waals surface area contributed by atoms with E-state index in [1.165, 1.54) is 12.1 Å². The molecule has 0 bridgehead atoms. The van der Waals surface area contributed by atoms with E-state index >= 15 is 0 Å². The second kappa shape index (κ2) is 8.54. The van der Waals surface area contributed by atoms with Crippen molar-refractivity contribution in [3.05, 3.63) is 46.9 Å². The van der Waals surface area contributed by atoms with Crippen molar-refractivity contribution in [3.8, 4) is 0 Å². The highest BCUT2D eigenvalue weighted by molar-refractivity contribution is 7.89. The highest BCUT2D eigenvalue weighted by Gasteiger charge is 2.21. The third-order valence-corrected chi connectivity index (χ3v) is 4.83. The fraction of sp³-hybridized carbons (Fsp3) is 0.333. The molecule has 0 fully saturated rings. The van der Waals surface area contributed by atoms with Crippen LogP contribution >= 0.6 is 0 Å². The van der Waals surface area contributed by atoms with Crippen LogP contribution < -0.4 is 15.4 Å². The summed E-state index contributed by atoms with van der Waals surface area (Å²) in [5.41, 5.74) is -0.0735. The first-order valence-electron chi connectivity index (χ1n) is 7.84. The van der Waals surface area contributed by atoms with Crippen molar-refractivity contribution < 1.29 is 13.3 Å². The lowest BCUT2D eigenvalue weighted by atomic mass is 10.2. The summed E-state index contributed by atoms with van der Waals surface area (Å²) in [7, 11) is -3.80. The number of benzene rings is 1. The van der Waals surface area contributed by atoms with Crippen LogP contribution in [0.2, 0.25) is 0 Å². The van der Waals surface area contributed by atoms with E-state index in [1.807, 2.05) is 0 Å². The Morgan fingerprint density at radius 2 is 1.92 bits per heavy atom. The molecule has 0 saturated carbocycles. The zero-order valence-electron chi connectivity index (χ0n) is 14.3. The second-order valence-electron chi connectivity index (χ2n) is 5.66. The minimum Gasteiger partial charge on any atom is -0.378 e. The minimum absolute atomic E-state index is 0.152. The molecule has 1 aromatic carbocycles. The molecule has 1 heterocycles. The van der Waals surface area contributed by atoms with Crippen LogP contribution in [0.5, 0.6) is 0 Å². The Morgan fingerprint density at radius 1 is 1.19 bits per heavy atom. The fourth-order valence-corrected chi connectivity index (χ4v) is 3.41. The Bertz CT molecular complexity index is 858. The normalized spacial score (nSPS) is 11.3. The lowest BCUT2D eigenvalue weighted by Crippen LogP contribution is -2.30. The molecule has 0 radical (unpaired) electrons. The Balaban J connectivity index is 2.07. The summed E-state index contributed by atoms with van der Waals surface area (Å²) < 4.78 is 26.7. The lowest BCUT2D eigenvalue weighted by molar-refractivity contribution is -0.384. The number of nitro benzene ring substituents is 1. The largest absolute Gasteiger partial charge is 0.378 e. The van der Waals surface area contributed by atoms with E-state index in [1.54, 1.807) is 32.4 Å². The van der Waals surface area contributed by atoms with Gasteiger partial charge in [0.25, 0.3) is 5.69 Å². The van der Waals surface area contributed by atoms with Gasteiger partial charge in [-0.05, 0) is 26.0 Å². The van der Waals surface area contributed by atoms with E-state index in [4.69, 9.17) is 0 Å². The molecule has 11 heteroatoms. The van der Waals surface area contributed by atoms with Crippen molar-refractivity contribution in [2.24, 2.45) is 0 Å². The molecule has 0 unspecified atom stereocenters. The summed E-state index contributed by atoms with van der Waals surface area (Å²) in [6.45, 7) is 4.16. The van der Waals surface area contributed by atoms with Gasteiger partial charge >= 0.3 is 0 Å². The van der Waals surface area contributed by atoms with Crippen LogP contribution in [-0.4, -0.2) is 42.4 Å².